The van der Waals surface area contributed by atoms with Crippen LogP contribution >= 0.6 is 0 Å². The van der Waals surface area contributed by atoms with Gasteiger partial charge in [0.1, 0.15) is 11.9 Å². The molecule has 1 fully saturated rings. The first-order valence-corrected chi connectivity index (χ1v) is 7.31. The van der Waals surface area contributed by atoms with Gasteiger partial charge in [-0.25, -0.2) is 0 Å². The fourth-order valence-corrected chi connectivity index (χ4v) is 2.78. The number of hydrogen-bond acceptors (Lipinski definition) is 2. The number of ether oxygens (including phenoxy) is 1. The largest absolute Gasteiger partial charge is 0.490 e. The summed E-state index contributed by atoms with van der Waals surface area (Å²) in [4.78, 5) is 0. The van der Waals surface area contributed by atoms with Gasteiger partial charge < -0.3 is 9.84 Å². The van der Waals surface area contributed by atoms with Crippen molar-refractivity contribution >= 4 is 0 Å². The van der Waals surface area contributed by atoms with E-state index in [4.69, 9.17) is 4.74 Å². The summed E-state index contributed by atoms with van der Waals surface area (Å²) in [5.74, 6) is 0.892. The molecule has 1 aliphatic rings. The molecule has 1 unspecified atom stereocenters. The molecule has 2 aromatic rings. The fraction of sp³-hybridized carbons (Fsp3) is 0.333. The van der Waals surface area contributed by atoms with E-state index in [0.717, 1.165) is 31.4 Å². The van der Waals surface area contributed by atoms with E-state index in [-0.39, 0.29) is 12.2 Å². The minimum absolute atomic E-state index is 0.154. The molecule has 0 saturated heterocycles. The summed E-state index contributed by atoms with van der Waals surface area (Å²) in [6, 6.07) is 18.5. The van der Waals surface area contributed by atoms with E-state index < -0.39 is 0 Å². The monoisotopic (exact) mass is 268 g/mol. The number of rotatable bonds is 3. The Hall–Kier alpha value is -1.80. The van der Waals surface area contributed by atoms with Gasteiger partial charge in [0.15, 0.2) is 0 Å². The van der Waals surface area contributed by atoms with Crippen molar-refractivity contribution in [3.05, 3.63) is 54.6 Å². The Balaban J connectivity index is 1.67. The maximum Gasteiger partial charge on any atom is 0.119 e. The molecule has 0 heterocycles. The zero-order valence-electron chi connectivity index (χ0n) is 11.5. The molecule has 3 rings (SSSR count). The highest BCUT2D eigenvalue weighted by Gasteiger charge is 2.21. The summed E-state index contributed by atoms with van der Waals surface area (Å²) in [7, 11) is 0. The average molecular weight is 268 g/mol. The van der Waals surface area contributed by atoms with Crippen molar-refractivity contribution in [2.24, 2.45) is 0 Å². The average Bonchev–Trinajstić information content (AvgIpc) is 2.49. The lowest BCUT2D eigenvalue weighted by atomic mass is 9.95. The third-order valence-electron chi connectivity index (χ3n) is 3.86. The molecule has 2 nitrogen and oxygen atoms in total. The van der Waals surface area contributed by atoms with Crippen molar-refractivity contribution in [3.63, 3.8) is 0 Å². The number of aliphatic hydroxyl groups is 1. The molecule has 20 heavy (non-hydrogen) atoms. The molecule has 2 atom stereocenters. The van der Waals surface area contributed by atoms with Crippen molar-refractivity contribution in [1.29, 1.82) is 0 Å². The first-order chi connectivity index (χ1) is 9.81. The summed E-state index contributed by atoms with van der Waals surface area (Å²) >= 11 is 0. The maximum atomic E-state index is 9.67. The second-order valence-corrected chi connectivity index (χ2v) is 5.45. The Morgan fingerprint density at radius 3 is 2.25 bits per heavy atom. The van der Waals surface area contributed by atoms with Gasteiger partial charge in [-0.1, -0.05) is 42.5 Å². The summed E-state index contributed by atoms with van der Waals surface area (Å²) in [5, 5.41) is 9.67. The van der Waals surface area contributed by atoms with Gasteiger partial charge >= 0.3 is 0 Å². The SMILES string of the molecule is O[C@H]1CCCC(Oc2ccc(-c3ccccc3)cc2)C1. The van der Waals surface area contributed by atoms with Gasteiger partial charge in [-0.3, -0.25) is 0 Å². The van der Waals surface area contributed by atoms with E-state index in [9.17, 15) is 5.11 Å². The quantitative estimate of drug-likeness (QED) is 0.910. The van der Waals surface area contributed by atoms with Crippen LogP contribution in [0, 0.1) is 0 Å². The van der Waals surface area contributed by atoms with Gasteiger partial charge in [0, 0.05) is 6.42 Å². The third kappa shape index (κ3) is 3.20. The van der Waals surface area contributed by atoms with E-state index in [1.807, 2.05) is 30.3 Å². The smallest absolute Gasteiger partial charge is 0.119 e. The molecule has 0 aromatic heterocycles. The molecule has 1 saturated carbocycles. The van der Waals surface area contributed by atoms with Gasteiger partial charge in [0.2, 0.25) is 0 Å². The summed E-state index contributed by atoms with van der Waals surface area (Å²) in [5.41, 5.74) is 2.41. The Morgan fingerprint density at radius 2 is 1.55 bits per heavy atom. The van der Waals surface area contributed by atoms with Crippen molar-refractivity contribution < 1.29 is 9.84 Å². The van der Waals surface area contributed by atoms with Crippen LogP contribution in [0.3, 0.4) is 0 Å². The highest BCUT2D eigenvalue weighted by atomic mass is 16.5. The first-order valence-electron chi connectivity index (χ1n) is 7.31. The molecular weight excluding hydrogens is 248 g/mol. The molecule has 2 heteroatoms. The van der Waals surface area contributed by atoms with Gasteiger partial charge in [-0.15, -0.1) is 0 Å². The van der Waals surface area contributed by atoms with Crippen LogP contribution in [-0.4, -0.2) is 17.3 Å². The highest BCUT2D eigenvalue weighted by Crippen LogP contribution is 2.26. The van der Waals surface area contributed by atoms with E-state index in [1.165, 1.54) is 11.1 Å². The first kappa shape index (κ1) is 13.2. The van der Waals surface area contributed by atoms with Crippen molar-refractivity contribution in [3.8, 4) is 16.9 Å². The molecule has 1 N–H and O–H groups in total. The van der Waals surface area contributed by atoms with Crippen LogP contribution in [0.15, 0.2) is 54.6 Å². The number of hydrogen-bond donors (Lipinski definition) is 1. The fourth-order valence-electron chi connectivity index (χ4n) is 2.78. The molecule has 0 amide bonds. The van der Waals surface area contributed by atoms with Crippen LogP contribution in [0.4, 0.5) is 0 Å². The molecule has 0 bridgehead atoms. The molecular formula is C18H20O2. The van der Waals surface area contributed by atoms with Crippen molar-refractivity contribution in [1.82, 2.24) is 0 Å². The molecule has 0 aliphatic heterocycles. The Bertz CT molecular complexity index is 533. The normalized spacial score (nSPS) is 22.4. The molecule has 0 spiro atoms. The lowest BCUT2D eigenvalue weighted by molar-refractivity contribution is 0.0536. The molecule has 0 radical (unpaired) electrons. The molecule has 104 valence electrons. The van der Waals surface area contributed by atoms with Gasteiger partial charge in [-0.2, -0.15) is 0 Å². The number of aliphatic hydroxyl groups excluding tert-OH is 1. The van der Waals surface area contributed by atoms with Gasteiger partial charge in [0.05, 0.1) is 6.10 Å². The lowest BCUT2D eigenvalue weighted by Gasteiger charge is -2.26. The van der Waals surface area contributed by atoms with Crippen LogP contribution in [0.1, 0.15) is 25.7 Å². The third-order valence-corrected chi connectivity index (χ3v) is 3.86. The van der Waals surface area contributed by atoms with Crippen molar-refractivity contribution in [2.45, 2.75) is 37.9 Å². The van der Waals surface area contributed by atoms with E-state index >= 15 is 0 Å². The number of benzene rings is 2. The minimum atomic E-state index is -0.197. The van der Waals surface area contributed by atoms with Crippen LogP contribution in [0.5, 0.6) is 5.75 Å². The van der Waals surface area contributed by atoms with Crippen LogP contribution < -0.4 is 4.74 Å². The summed E-state index contributed by atoms with van der Waals surface area (Å²) in [6.45, 7) is 0. The van der Waals surface area contributed by atoms with Crippen molar-refractivity contribution in [2.75, 3.05) is 0 Å². The highest BCUT2D eigenvalue weighted by molar-refractivity contribution is 5.63. The summed E-state index contributed by atoms with van der Waals surface area (Å²) < 4.78 is 5.96. The standard InChI is InChI=1S/C18H20O2/c19-16-7-4-8-18(13-16)20-17-11-9-15(10-12-17)14-5-2-1-3-6-14/h1-3,5-6,9-12,16,18-19H,4,7-8,13H2/t16-,18?/m0/s1. The van der Waals surface area contributed by atoms with Gasteiger partial charge in [-0.05, 0) is 42.5 Å². The Morgan fingerprint density at radius 1 is 0.850 bits per heavy atom. The zero-order valence-corrected chi connectivity index (χ0v) is 11.5. The second-order valence-electron chi connectivity index (χ2n) is 5.45. The Kier molecular flexibility index (Phi) is 4.03. The van der Waals surface area contributed by atoms with E-state index in [2.05, 4.69) is 24.3 Å². The zero-order chi connectivity index (χ0) is 13.8. The van der Waals surface area contributed by atoms with E-state index in [1.54, 1.807) is 0 Å². The predicted octanol–water partition coefficient (Wildman–Crippen LogP) is 4.04. The molecule has 2 aromatic carbocycles. The van der Waals surface area contributed by atoms with Crippen LogP contribution in [0.2, 0.25) is 0 Å². The van der Waals surface area contributed by atoms with Crippen LogP contribution in [-0.2, 0) is 0 Å². The van der Waals surface area contributed by atoms with Crippen LogP contribution in [0.25, 0.3) is 11.1 Å². The van der Waals surface area contributed by atoms with Gasteiger partial charge in [0.25, 0.3) is 0 Å². The lowest BCUT2D eigenvalue weighted by Crippen LogP contribution is -2.28. The maximum absolute atomic E-state index is 9.67. The summed E-state index contributed by atoms with van der Waals surface area (Å²) in [6.07, 6.45) is 3.71. The van der Waals surface area contributed by atoms with E-state index in [0.29, 0.717) is 0 Å². The minimum Gasteiger partial charge on any atom is -0.490 e. The topological polar surface area (TPSA) is 29.5 Å². The predicted molar refractivity (Wildman–Crippen MR) is 80.8 cm³/mol. The second kappa shape index (κ2) is 6.10. The Labute approximate surface area is 120 Å². The molecule has 1 aliphatic carbocycles.